The number of hydrogen-bond donors (Lipinski definition) is 2. The van der Waals surface area contributed by atoms with Crippen LogP contribution in [0.1, 0.15) is 12.0 Å². The van der Waals surface area contributed by atoms with Gasteiger partial charge in [0.05, 0.1) is 26.3 Å². The fourth-order valence-electron chi connectivity index (χ4n) is 2.69. The molecule has 0 spiro atoms. The number of anilines is 2. The van der Waals surface area contributed by atoms with E-state index in [4.69, 9.17) is 14.2 Å². The monoisotopic (exact) mass is 356 g/mol. The Kier molecular flexibility index (Phi) is 4.97. The van der Waals surface area contributed by atoms with E-state index in [1.54, 1.807) is 24.3 Å². The zero-order chi connectivity index (χ0) is 18.7. The molecule has 1 atom stereocenters. The molecule has 2 N–H and O–H groups in total. The third-order valence-electron chi connectivity index (χ3n) is 3.99. The number of benzene rings is 2. The predicted octanol–water partition coefficient (Wildman–Crippen LogP) is 2.74. The average molecular weight is 356 g/mol. The highest BCUT2D eigenvalue weighted by atomic mass is 16.5. The van der Waals surface area contributed by atoms with Crippen LogP contribution >= 0.6 is 0 Å². The molecule has 0 fully saturated rings. The SMILES string of the molecule is COc1ccc(NC(=O)CC2Oc3ccc(C)cc3NC2=O)cc1OC. The maximum Gasteiger partial charge on any atom is 0.266 e. The Bertz CT molecular complexity index is 850. The van der Waals surface area contributed by atoms with Crippen molar-refractivity contribution in [3.8, 4) is 17.2 Å². The molecule has 7 nitrogen and oxygen atoms in total. The van der Waals surface area contributed by atoms with Crippen molar-refractivity contribution in [2.24, 2.45) is 0 Å². The normalized spacial score (nSPS) is 15.3. The quantitative estimate of drug-likeness (QED) is 0.860. The second-order valence-electron chi connectivity index (χ2n) is 5.92. The lowest BCUT2D eigenvalue weighted by Crippen LogP contribution is -2.39. The highest BCUT2D eigenvalue weighted by molar-refractivity contribution is 6.02. The Morgan fingerprint density at radius 1 is 1.15 bits per heavy atom. The van der Waals surface area contributed by atoms with E-state index in [0.29, 0.717) is 28.6 Å². The third-order valence-corrected chi connectivity index (χ3v) is 3.99. The highest BCUT2D eigenvalue weighted by Crippen LogP contribution is 2.32. The topological polar surface area (TPSA) is 85.9 Å². The lowest BCUT2D eigenvalue weighted by Gasteiger charge is -2.25. The lowest BCUT2D eigenvalue weighted by molar-refractivity contribution is -0.128. The van der Waals surface area contributed by atoms with E-state index < -0.39 is 6.10 Å². The largest absolute Gasteiger partial charge is 0.493 e. The molecule has 26 heavy (non-hydrogen) atoms. The van der Waals surface area contributed by atoms with Gasteiger partial charge in [0.25, 0.3) is 5.91 Å². The number of fused-ring (bicyclic) bond motifs is 1. The van der Waals surface area contributed by atoms with E-state index in [9.17, 15) is 9.59 Å². The van der Waals surface area contributed by atoms with Crippen LogP contribution in [0.3, 0.4) is 0 Å². The van der Waals surface area contributed by atoms with Crippen LogP contribution in [0, 0.1) is 6.92 Å². The minimum Gasteiger partial charge on any atom is -0.493 e. The molecule has 1 heterocycles. The van der Waals surface area contributed by atoms with Gasteiger partial charge in [-0.25, -0.2) is 0 Å². The molecule has 0 aromatic heterocycles. The smallest absolute Gasteiger partial charge is 0.266 e. The first-order valence-electron chi connectivity index (χ1n) is 8.10. The Morgan fingerprint density at radius 2 is 1.92 bits per heavy atom. The van der Waals surface area contributed by atoms with Gasteiger partial charge >= 0.3 is 0 Å². The van der Waals surface area contributed by atoms with Crippen molar-refractivity contribution in [1.29, 1.82) is 0 Å². The highest BCUT2D eigenvalue weighted by Gasteiger charge is 2.29. The summed E-state index contributed by atoms with van der Waals surface area (Å²) in [6.07, 6.45) is -0.988. The third kappa shape index (κ3) is 3.72. The van der Waals surface area contributed by atoms with Gasteiger partial charge in [0, 0.05) is 11.8 Å². The van der Waals surface area contributed by atoms with Crippen molar-refractivity contribution in [1.82, 2.24) is 0 Å². The fraction of sp³-hybridized carbons (Fsp3) is 0.263. The zero-order valence-corrected chi connectivity index (χ0v) is 14.8. The summed E-state index contributed by atoms with van der Waals surface area (Å²) in [6, 6.07) is 10.5. The van der Waals surface area contributed by atoms with Gasteiger partial charge < -0.3 is 24.8 Å². The standard InChI is InChI=1S/C19H20N2O5/c1-11-4-6-14-13(8-11)21-19(23)17(26-14)10-18(22)20-12-5-7-15(24-2)16(9-12)25-3/h4-9,17H,10H2,1-3H3,(H,20,22)(H,21,23). The number of carbonyl (C=O) groups is 2. The minimum absolute atomic E-state index is 0.104. The number of methoxy groups -OCH3 is 2. The molecule has 0 saturated carbocycles. The van der Waals surface area contributed by atoms with Gasteiger partial charge in [-0.1, -0.05) is 6.07 Å². The number of rotatable bonds is 5. The molecule has 0 saturated heterocycles. The van der Waals surface area contributed by atoms with Crippen molar-refractivity contribution in [2.75, 3.05) is 24.9 Å². The van der Waals surface area contributed by atoms with Crippen molar-refractivity contribution >= 4 is 23.2 Å². The van der Waals surface area contributed by atoms with Crippen molar-refractivity contribution in [3.63, 3.8) is 0 Å². The summed E-state index contributed by atoms with van der Waals surface area (Å²) in [5.74, 6) is 0.936. The molecule has 1 aliphatic rings. The first kappa shape index (κ1) is 17.6. The van der Waals surface area contributed by atoms with E-state index in [-0.39, 0.29) is 18.2 Å². The van der Waals surface area contributed by atoms with Crippen molar-refractivity contribution < 1.29 is 23.8 Å². The van der Waals surface area contributed by atoms with Crippen LogP contribution in [0.25, 0.3) is 0 Å². The average Bonchev–Trinajstić information content (AvgIpc) is 2.62. The Morgan fingerprint density at radius 3 is 2.65 bits per heavy atom. The molecular formula is C19H20N2O5. The van der Waals surface area contributed by atoms with Gasteiger partial charge in [-0.15, -0.1) is 0 Å². The molecule has 1 unspecified atom stereocenters. The maximum atomic E-state index is 12.3. The molecule has 1 aliphatic heterocycles. The number of carbonyl (C=O) groups excluding carboxylic acids is 2. The van der Waals surface area contributed by atoms with Gasteiger partial charge in [-0.2, -0.15) is 0 Å². The van der Waals surface area contributed by atoms with Gasteiger partial charge in [0.2, 0.25) is 5.91 Å². The summed E-state index contributed by atoms with van der Waals surface area (Å²) < 4.78 is 16.0. The van der Waals surface area contributed by atoms with Crippen LogP contribution in [0.2, 0.25) is 0 Å². The van der Waals surface area contributed by atoms with Crippen molar-refractivity contribution in [3.05, 3.63) is 42.0 Å². The molecule has 0 bridgehead atoms. The maximum absolute atomic E-state index is 12.3. The van der Waals surface area contributed by atoms with E-state index in [0.717, 1.165) is 5.56 Å². The predicted molar refractivity (Wildman–Crippen MR) is 97.0 cm³/mol. The van der Waals surface area contributed by atoms with Gasteiger partial charge in [0.1, 0.15) is 5.75 Å². The van der Waals surface area contributed by atoms with Gasteiger partial charge in [-0.3, -0.25) is 9.59 Å². The van der Waals surface area contributed by atoms with Crippen LogP contribution in [0.15, 0.2) is 36.4 Å². The van der Waals surface area contributed by atoms with E-state index >= 15 is 0 Å². The summed E-state index contributed by atoms with van der Waals surface area (Å²) in [4.78, 5) is 24.5. The van der Waals surface area contributed by atoms with Gasteiger partial charge in [0.15, 0.2) is 17.6 Å². The first-order chi connectivity index (χ1) is 12.5. The molecule has 2 amide bonds. The summed E-state index contributed by atoms with van der Waals surface area (Å²) in [6.45, 7) is 1.93. The Balaban J connectivity index is 1.67. The number of amides is 2. The summed E-state index contributed by atoms with van der Waals surface area (Å²) in [5.41, 5.74) is 2.17. The van der Waals surface area contributed by atoms with Crippen LogP contribution in [-0.2, 0) is 9.59 Å². The molecule has 136 valence electrons. The Hall–Kier alpha value is -3.22. The van der Waals surface area contributed by atoms with Gasteiger partial charge in [-0.05, 0) is 36.8 Å². The Labute approximate surface area is 151 Å². The van der Waals surface area contributed by atoms with Crippen LogP contribution in [0.4, 0.5) is 11.4 Å². The summed E-state index contributed by atoms with van der Waals surface area (Å²) in [5, 5.41) is 5.51. The van der Waals surface area contributed by atoms with Crippen LogP contribution in [0.5, 0.6) is 17.2 Å². The van der Waals surface area contributed by atoms with E-state index in [1.807, 2.05) is 19.1 Å². The van der Waals surface area contributed by atoms with E-state index in [1.165, 1.54) is 14.2 Å². The number of nitrogens with one attached hydrogen (secondary N) is 2. The lowest BCUT2D eigenvalue weighted by atomic mass is 10.1. The number of aryl methyl sites for hydroxylation is 1. The second-order valence-corrected chi connectivity index (χ2v) is 5.92. The molecule has 0 radical (unpaired) electrons. The molecule has 2 aromatic rings. The first-order valence-corrected chi connectivity index (χ1v) is 8.10. The minimum atomic E-state index is -0.884. The second kappa shape index (κ2) is 7.35. The molecule has 3 rings (SSSR count). The van der Waals surface area contributed by atoms with Crippen molar-refractivity contribution in [2.45, 2.75) is 19.4 Å². The van der Waals surface area contributed by atoms with E-state index in [2.05, 4.69) is 10.6 Å². The summed E-state index contributed by atoms with van der Waals surface area (Å²) in [7, 11) is 3.05. The summed E-state index contributed by atoms with van der Waals surface area (Å²) >= 11 is 0. The molecular weight excluding hydrogens is 336 g/mol. The molecule has 2 aromatic carbocycles. The van der Waals surface area contributed by atoms with Crippen LogP contribution in [-0.4, -0.2) is 32.1 Å². The fourth-order valence-corrected chi connectivity index (χ4v) is 2.69. The van der Waals surface area contributed by atoms with Crippen LogP contribution < -0.4 is 24.8 Å². The molecule has 0 aliphatic carbocycles. The number of ether oxygens (including phenoxy) is 3. The zero-order valence-electron chi connectivity index (χ0n) is 14.8. The number of hydrogen-bond acceptors (Lipinski definition) is 5. The molecule has 7 heteroatoms.